The Hall–Kier alpha value is -2.24. The fourth-order valence-corrected chi connectivity index (χ4v) is 3.53. The minimum atomic E-state index is 0.734. The van der Waals surface area contributed by atoms with Crippen molar-refractivity contribution in [3.63, 3.8) is 0 Å². The van der Waals surface area contributed by atoms with Gasteiger partial charge in [-0.05, 0) is 47.2 Å². The van der Waals surface area contributed by atoms with Crippen LogP contribution >= 0.6 is 22.7 Å². The van der Waals surface area contributed by atoms with Gasteiger partial charge in [0.05, 0.1) is 21.2 Å². The highest BCUT2D eigenvalue weighted by Crippen LogP contribution is 2.26. The van der Waals surface area contributed by atoms with Crippen LogP contribution in [0.5, 0.6) is 0 Å². The quantitative estimate of drug-likeness (QED) is 0.715. The van der Waals surface area contributed by atoms with Crippen LogP contribution in [-0.2, 0) is 0 Å². The van der Waals surface area contributed by atoms with Gasteiger partial charge in [-0.2, -0.15) is 0 Å². The first-order valence-electron chi connectivity index (χ1n) is 6.51. The van der Waals surface area contributed by atoms with Crippen molar-refractivity contribution in [1.29, 1.82) is 0 Å². The van der Waals surface area contributed by atoms with E-state index in [2.05, 4.69) is 37.9 Å². The molecule has 4 rings (SSSR count). The summed E-state index contributed by atoms with van der Waals surface area (Å²) in [5.41, 5.74) is 2.07. The lowest BCUT2D eigenvalue weighted by atomic mass is 10.3. The predicted molar refractivity (Wildman–Crippen MR) is 91.2 cm³/mol. The molecular weight excluding hydrogens is 298 g/mol. The molecule has 3 aromatic rings. The Bertz CT molecular complexity index is 834. The van der Waals surface area contributed by atoms with Crippen molar-refractivity contribution < 1.29 is 0 Å². The Morgan fingerprint density at radius 3 is 2.48 bits per heavy atom. The van der Waals surface area contributed by atoms with Gasteiger partial charge in [-0.15, -0.1) is 22.7 Å². The first-order valence-corrected chi connectivity index (χ1v) is 8.27. The summed E-state index contributed by atoms with van der Waals surface area (Å²) < 4.78 is 0. The molecule has 0 bridgehead atoms. The minimum absolute atomic E-state index is 0.734. The molecule has 0 unspecified atom stereocenters. The van der Waals surface area contributed by atoms with Gasteiger partial charge in [-0.25, -0.2) is 9.98 Å². The molecule has 0 atom stereocenters. The van der Waals surface area contributed by atoms with E-state index in [1.165, 1.54) is 9.75 Å². The van der Waals surface area contributed by atoms with Crippen LogP contribution < -0.4 is 0 Å². The summed E-state index contributed by atoms with van der Waals surface area (Å²) >= 11 is 3.40. The molecule has 0 saturated carbocycles. The smallest absolute Gasteiger partial charge is 0.155 e. The molecule has 0 saturated heterocycles. The number of aliphatic imine (C=N–C) groups is 2. The third-order valence-electron chi connectivity index (χ3n) is 3.09. The number of aromatic nitrogens is 1. The zero-order valence-electron chi connectivity index (χ0n) is 11.0. The zero-order chi connectivity index (χ0) is 14.1. The average molecular weight is 309 g/mol. The molecular formula is C16H11N3S2. The van der Waals surface area contributed by atoms with Gasteiger partial charge in [-0.1, -0.05) is 12.1 Å². The normalized spacial score (nSPS) is 15.8. The first-order chi connectivity index (χ1) is 10.4. The summed E-state index contributed by atoms with van der Waals surface area (Å²) in [6.45, 7) is 0. The number of H-pyrrole nitrogens is 1. The van der Waals surface area contributed by atoms with Crippen LogP contribution in [0.15, 0.2) is 69.3 Å². The highest BCUT2D eigenvalue weighted by atomic mass is 32.1. The molecule has 1 aliphatic rings. The lowest BCUT2D eigenvalue weighted by Crippen LogP contribution is -1.90. The van der Waals surface area contributed by atoms with E-state index in [1.807, 2.05) is 36.4 Å². The van der Waals surface area contributed by atoms with Crippen molar-refractivity contribution in [2.45, 2.75) is 0 Å². The lowest BCUT2D eigenvalue weighted by molar-refractivity contribution is 1.34. The molecule has 21 heavy (non-hydrogen) atoms. The fraction of sp³-hybridized carbons (Fsp3) is 0. The second-order valence-electron chi connectivity index (χ2n) is 4.51. The van der Waals surface area contributed by atoms with Gasteiger partial charge in [0.25, 0.3) is 0 Å². The molecule has 1 aliphatic heterocycles. The summed E-state index contributed by atoms with van der Waals surface area (Å²) in [7, 11) is 0. The molecule has 1 N–H and O–H groups in total. The van der Waals surface area contributed by atoms with Gasteiger partial charge in [-0.3, -0.25) is 0 Å². The van der Waals surface area contributed by atoms with Crippen molar-refractivity contribution >= 4 is 40.0 Å². The van der Waals surface area contributed by atoms with Crippen LogP contribution in [0.4, 0.5) is 5.82 Å². The summed E-state index contributed by atoms with van der Waals surface area (Å²) in [6, 6.07) is 12.3. The van der Waals surface area contributed by atoms with Crippen molar-refractivity contribution in [3.8, 4) is 10.6 Å². The Morgan fingerprint density at radius 1 is 0.905 bits per heavy atom. The standard InChI is InChI=1S/C16H11N3S2/c1-3-13(20-9-1)11-5-7-15(17-11)19-16-8-6-12(18-16)14-4-2-10-21-14/h1-10,17H/b19-16+. The number of nitrogens with zero attached hydrogens (tertiary/aromatic N) is 2. The van der Waals surface area contributed by atoms with Crippen LogP contribution in [-0.4, -0.2) is 16.5 Å². The summed E-state index contributed by atoms with van der Waals surface area (Å²) in [5, 5.41) is 4.12. The number of allylic oxidation sites excluding steroid dienone is 1. The van der Waals surface area contributed by atoms with E-state index in [1.54, 1.807) is 22.7 Å². The predicted octanol–water partition coefficient (Wildman–Crippen LogP) is 4.89. The summed E-state index contributed by atoms with van der Waals surface area (Å²) in [6.07, 6.45) is 3.95. The number of thiophene rings is 2. The maximum atomic E-state index is 4.55. The SMILES string of the molecule is C1=C/C(=N\c2ccc(-c3cccs3)[nH]2)N=C1c1cccs1. The monoisotopic (exact) mass is 309 g/mol. The highest BCUT2D eigenvalue weighted by molar-refractivity contribution is 7.13. The number of rotatable bonds is 3. The molecule has 0 fully saturated rings. The van der Waals surface area contributed by atoms with Gasteiger partial charge in [0.1, 0.15) is 5.82 Å². The fourth-order valence-electron chi connectivity index (χ4n) is 2.12. The maximum absolute atomic E-state index is 4.55. The minimum Gasteiger partial charge on any atom is -0.339 e. The number of nitrogens with one attached hydrogen (secondary N) is 1. The maximum Gasteiger partial charge on any atom is 0.155 e. The van der Waals surface area contributed by atoms with E-state index in [0.717, 1.165) is 23.1 Å². The third kappa shape index (κ3) is 2.53. The number of hydrogen-bond acceptors (Lipinski definition) is 3. The zero-order valence-corrected chi connectivity index (χ0v) is 12.6. The Morgan fingerprint density at radius 2 is 1.71 bits per heavy atom. The van der Waals surface area contributed by atoms with Crippen LogP contribution in [0.3, 0.4) is 0 Å². The number of hydrogen-bond donors (Lipinski definition) is 1. The van der Waals surface area contributed by atoms with E-state index in [9.17, 15) is 0 Å². The molecule has 4 heterocycles. The number of aromatic amines is 1. The van der Waals surface area contributed by atoms with E-state index >= 15 is 0 Å². The van der Waals surface area contributed by atoms with Crippen molar-refractivity contribution in [1.82, 2.24) is 4.98 Å². The van der Waals surface area contributed by atoms with Crippen LogP contribution in [0.25, 0.3) is 10.6 Å². The van der Waals surface area contributed by atoms with E-state index in [-0.39, 0.29) is 0 Å². The van der Waals surface area contributed by atoms with Gasteiger partial charge < -0.3 is 4.98 Å². The summed E-state index contributed by atoms with van der Waals surface area (Å²) in [5.74, 6) is 1.56. The van der Waals surface area contributed by atoms with Crippen molar-refractivity contribution in [2.24, 2.45) is 9.98 Å². The average Bonchev–Trinajstić information content (AvgIpc) is 3.28. The van der Waals surface area contributed by atoms with Gasteiger partial charge in [0.2, 0.25) is 0 Å². The Kier molecular flexibility index (Phi) is 3.14. The molecule has 0 aliphatic carbocycles. The van der Waals surface area contributed by atoms with Gasteiger partial charge in [0.15, 0.2) is 5.84 Å². The van der Waals surface area contributed by atoms with Gasteiger partial charge >= 0.3 is 0 Å². The van der Waals surface area contributed by atoms with E-state index in [0.29, 0.717) is 0 Å². The molecule has 0 amide bonds. The molecule has 0 spiro atoms. The topological polar surface area (TPSA) is 40.5 Å². The molecule has 3 aromatic heterocycles. The van der Waals surface area contributed by atoms with Crippen LogP contribution in [0.1, 0.15) is 4.88 Å². The Balaban J connectivity index is 1.60. The second-order valence-corrected chi connectivity index (χ2v) is 6.41. The van der Waals surface area contributed by atoms with Crippen LogP contribution in [0.2, 0.25) is 0 Å². The van der Waals surface area contributed by atoms with Crippen LogP contribution in [0, 0.1) is 0 Å². The Labute approximate surface area is 130 Å². The van der Waals surface area contributed by atoms with Crippen molar-refractivity contribution in [2.75, 3.05) is 0 Å². The van der Waals surface area contributed by atoms with E-state index < -0.39 is 0 Å². The van der Waals surface area contributed by atoms with Crippen molar-refractivity contribution in [3.05, 3.63) is 64.2 Å². The van der Waals surface area contributed by atoms with Gasteiger partial charge in [0, 0.05) is 0 Å². The second kappa shape index (κ2) is 5.27. The van der Waals surface area contributed by atoms with E-state index in [4.69, 9.17) is 0 Å². The third-order valence-corrected chi connectivity index (χ3v) is 4.89. The number of amidine groups is 1. The largest absolute Gasteiger partial charge is 0.339 e. The summed E-state index contributed by atoms with van der Waals surface area (Å²) in [4.78, 5) is 14.8. The highest BCUT2D eigenvalue weighted by Gasteiger charge is 2.09. The molecule has 3 nitrogen and oxygen atoms in total. The molecule has 5 heteroatoms. The molecule has 102 valence electrons. The molecule has 0 aromatic carbocycles. The lowest BCUT2D eigenvalue weighted by Gasteiger charge is -1.92. The first kappa shape index (κ1) is 12.5. The molecule has 0 radical (unpaired) electrons.